The Balaban J connectivity index is 1.62. The monoisotopic (exact) mass is 661 g/mol. The highest BCUT2D eigenvalue weighted by Gasteiger charge is 2.29. The number of ether oxygens (including phenoxy) is 3. The summed E-state index contributed by atoms with van der Waals surface area (Å²) in [6.45, 7) is 15.1. The fraction of sp³-hybridized carbons (Fsp3) is 0.514. The zero-order chi connectivity index (χ0) is 35.0. The Bertz CT molecular complexity index is 1620. The van der Waals surface area contributed by atoms with Crippen LogP contribution in [0.25, 0.3) is 11.1 Å². The number of nitrogens with zero attached hydrogens (tertiary/aromatic N) is 2. The molecule has 1 fully saturated rings. The third kappa shape index (κ3) is 9.59. The third-order valence-electron chi connectivity index (χ3n) is 8.66. The summed E-state index contributed by atoms with van der Waals surface area (Å²) < 4.78 is 16.2. The first-order valence-electron chi connectivity index (χ1n) is 16.8. The lowest BCUT2D eigenvalue weighted by atomic mass is 9.89. The molecule has 0 spiro atoms. The molecule has 1 aromatic carbocycles. The van der Waals surface area contributed by atoms with Crippen LogP contribution in [0.15, 0.2) is 41.3 Å². The summed E-state index contributed by atoms with van der Waals surface area (Å²) in [6, 6.07) is 9.93. The molecule has 3 aromatic rings. The number of anilines is 1. The van der Waals surface area contributed by atoms with Gasteiger partial charge in [0.05, 0.1) is 6.61 Å². The molecule has 0 radical (unpaired) electrons. The standard InChI is InChI=1S/C37H51N5O6/c1-9-42(29-13-11-28(12-14-29)41-36(45)48-37(5,6)7)32-20-27(26-10-15-33(38-21-26)47-17-16-46-8)19-30(25(32)4)34(43)39-22-31-23(2)18-24(3)40-35(31)44/h10,15,18-21,28-29H,9,11-14,16-17,22H2,1-8H3,(H,39,43)(H,40,44)(H,41,45). The number of amides is 2. The molecule has 0 saturated heterocycles. The molecule has 11 heteroatoms. The fourth-order valence-electron chi connectivity index (χ4n) is 6.26. The average molecular weight is 662 g/mol. The molecule has 0 unspecified atom stereocenters. The number of carbonyl (C=O) groups is 2. The first-order chi connectivity index (χ1) is 22.8. The van der Waals surface area contributed by atoms with Gasteiger partial charge in [-0.2, -0.15) is 0 Å². The van der Waals surface area contributed by atoms with Crippen LogP contribution in [0.5, 0.6) is 5.88 Å². The molecule has 2 amide bonds. The van der Waals surface area contributed by atoms with Gasteiger partial charge < -0.3 is 34.7 Å². The molecule has 0 bridgehead atoms. The van der Waals surface area contributed by atoms with Crippen LogP contribution in [0.1, 0.15) is 86.1 Å². The number of aromatic nitrogens is 2. The summed E-state index contributed by atoms with van der Waals surface area (Å²) in [6.07, 6.45) is 4.77. The van der Waals surface area contributed by atoms with Crippen molar-refractivity contribution in [2.45, 2.75) is 98.4 Å². The molecule has 1 aliphatic rings. The first-order valence-corrected chi connectivity index (χ1v) is 16.8. The molecule has 2 heterocycles. The van der Waals surface area contributed by atoms with Crippen LogP contribution < -0.4 is 25.8 Å². The maximum absolute atomic E-state index is 13.9. The number of rotatable bonds is 12. The van der Waals surface area contributed by atoms with E-state index >= 15 is 0 Å². The number of aryl methyl sites for hydroxylation is 2. The van der Waals surface area contributed by atoms with Crippen LogP contribution in [0.2, 0.25) is 0 Å². The maximum Gasteiger partial charge on any atom is 0.407 e. The van der Waals surface area contributed by atoms with Crippen molar-refractivity contribution < 1.29 is 23.8 Å². The van der Waals surface area contributed by atoms with E-state index in [2.05, 4.69) is 38.5 Å². The van der Waals surface area contributed by atoms with Gasteiger partial charge in [-0.15, -0.1) is 0 Å². The molecular weight excluding hydrogens is 610 g/mol. The summed E-state index contributed by atoms with van der Waals surface area (Å²) in [5.74, 6) is 0.232. The van der Waals surface area contributed by atoms with E-state index in [1.54, 1.807) is 13.3 Å². The van der Waals surface area contributed by atoms with Gasteiger partial charge in [0.25, 0.3) is 11.5 Å². The molecule has 0 aliphatic heterocycles. The summed E-state index contributed by atoms with van der Waals surface area (Å²) in [7, 11) is 1.62. The van der Waals surface area contributed by atoms with Crippen molar-refractivity contribution in [3.63, 3.8) is 0 Å². The van der Waals surface area contributed by atoms with Crippen LogP contribution in [-0.4, -0.2) is 66.5 Å². The van der Waals surface area contributed by atoms with Crippen molar-refractivity contribution in [1.29, 1.82) is 0 Å². The predicted octanol–water partition coefficient (Wildman–Crippen LogP) is 5.98. The van der Waals surface area contributed by atoms with Gasteiger partial charge in [-0.1, -0.05) is 0 Å². The normalized spacial score (nSPS) is 16.2. The topological polar surface area (TPSA) is 135 Å². The van der Waals surface area contributed by atoms with Crippen LogP contribution in [-0.2, 0) is 16.0 Å². The van der Waals surface area contributed by atoms with E-state index in [4.69, 9.17) is 14.2 Å². The van der Waals surface area contributed by atoms with Crippen molar-refractivity contribution in [3.8, 4) is 17.0 Å². The van der Waals surface area contributed by atoms with Gasteiger partial charge in [0.15, 0.2) is 0 Å². The van der Waals surface area contributed by atoms with Crippen molar-refractivity contribution in [1.82, 2.24) is 20.6 Å². The molecule has 260 valence electrons. The number of pyridine rings is 2. The Hall–Kier alpha value is -4.38. The number of aromatic amines is 1. The van der Waals surface area contributed by atoms with E-state index < -0.39 is 5.60 Å². The number of carbonyl (C=O) groups excluding carboxylic acids is 2. The molecule has 0 atom stereocenters. The van der Waals surface area contributed by atoms with Gasteiger partial charge in [0.2, 0.25) is 5.88 Å². The lowest BCUT2D eigenvalue weighted by Crippen LogP contribution is -2.45. The van der Waals surface area contributed by atoms with Crippen molar-refractivity contribution in [2.24, 2.45) is 0 Å². The van der Waals surface area contributed by atoms with Gasteiger partial charge in [0, 0.05) is 72.6 Å². The minimum atomic E-state index is -0.547. The average Bonchev–Trinajstić information content (AvgIpc) is 3.02. The summed E-state index contributed by atoms with van der Waals surface area (Å²) in [4.78, 5) is 48.6. The van der Waals surface area contributed by atoms with Crippen LogP contribution in [0.4, 0.5) is 10.5 Å². The van der Waals surface area contributed by atoms with Gasteiger partial charge in [-0.3, -0.25) is 9.59 Å². The smallest absolute Gasteiger partial charge is 0.407 e. The second kappa shape index (κ2) is 16.1. The minimum absolute atomic E-state index is 0.0488. The Labute approximate surface area is 283 Å². The molecule has 1 saturated carbocycles. The number of methoxy groups -OCH3 is 1. The lowest BCUT2D eigenvalue weighted by Gasteiger charge is -2.39. The quantitative estimate of drug-likeness (QED) is 0.202. The minimum Gasteiger partial charge on any atom is -0.475 e. The number of benzene rings is 1. The SMILES string of the molecule is CCN(c1cc(-c2ccc(OCCOC)nc2)cc(C(=O)NCc2c(C)cc(C)[nH]c2=O)c1C)C1CCC(NC(=O)OC(C)(C)C)CC1. The maximum atomic E-state index is 13.9. The van der Waals surface area contributed by atoms with Crippen molar-refractivity contribution in [3.05, 3.63) is 74.8 Å². The highest BCUT2D eigenvalue weighted by Crippen LogP contribution is 2.35. The van der Waals surface area contributed by atoms with Crippen molar-refractivity contribution >= 4 is 17.7 Å². The highest BCUT2D eigenvalue weighted by molar-refractivity contribution is 5.99. The Morgan fingerprint density at radius 3 is 2.35 bits per heavy atom. The zero-order valence-corrected chi connectivity index (χ0v) is 29.6. The summed E-state index contributed by atoms with van der Waals surface area (Å²) in [5, 5.41) is 6.04. The van der Waals surface area contributed by atoms with Crippen molar-refractivity contribution in [2.75, 3.05) is 31.8 Å². The largest absolute Gasteiger partial charge is 0.475 e. The Morgan fingerprint density at radius 2 is 1.75 bits per heavy atom. The molecule has 2 aromatic heterocycles. The van der Waals surface area contributed by atoms with E-state index in [0.29, 0.717) is 30.2 Å². The molecule has 1 aliphatic carbocycles. The fourth-order valence-corrected chi connectivity index (χ4v) is 6.26. The van der Waals surface area contributed by atoms with Crippen LogP contribution in [0, 0.1) is 20.8 Å². The number of hydrogen-bond acceptors (Lipinski definition) is 8. The second-order valence-electron chi connectivity index (χ2n) is 13.5. The lowest BCUT2D eigenvalue weighted by molar-refractivity contribution is 0.0491. The zero-order valence-electron chi connectivity index (χ0n) is 29.6. The second-order valence-corrected chi connectivity index (χ2v) is 13.5. The highest BCUT2D eigenvalue weighted by atomic mass is 16.6. The van der Waals surface area contributed by atoms with E-state index in [-0.39, 0.29) is 36.2 Å². The van der Waals surface area contributed by atoms with E-state index in [9.17, 15) is 14.4 Å². The van der Waals surface area contributed by atoms with E-state index in [0.717, 1.165) is 65.9 Å². The number of nitrogens with one attached hydrogen (secondary N) is 3. The third-order valence-corrected chi connectivity index (χ3v) is 8.66. The number of hydrogen-bond donors (Lipinski definition) is 3. The van der Waals surface area contributed by atoms with Gasteiger partial charge in [-0.05, 0) is 115 Å². The summed E-state index contributed by atoms with van der Waals surface area (Å²) >= 11 is 0. The van der Waals surface area contributed by atoms with Gasteiger partial charge in [-0.25, -0.2) is 9.78 Å². The molecular formula is C37H51N5O6. The number of H-pyrrole nitrogens is 1. The first kappa shape index (κ1) is 36.5. The van der Waals surface area contributed by atoms with Gasteiger partial charge in [0.1, 0.15) is 12.2 Å². The van der Waals surface area contributed by atoms with Crippen LogP contribution >= 0.6 is 0 Å². The Kier molecular flexibility index (Phi) is 12.3. The van der Waals surface area contributed by atoms with E-state index in [1.807, 2.05) is 65.8 Å². The number of alkyl carbamates (subject to hydrolysis) is 1. The predicted molar refractivity (Wildman–Crippen MR) is 188 cm³/mol. The van der Waals surface area contributed by atoms with E-state index in [1.165, 1.54) is 0 Å². The van der Waals surface area contributed by atoms with Crippen LogP contribution in [0.3, 0.4) is 0 Å². The Morgan fingerprint density at radius 1 is 1.02 bits per heavy atom. The van der Waals surface area contributed by atoms with Gasteiger partial charge >= 0.3 is 6.09 Å². The molecule has 11 nitrogen and oxygen atoms in total. The molecule has 48 heavy (non-hydrogen) atoms. The molecule has 3 N–H and O–H groups in total. The summed E-state index contributed by atoms with van der Waals surface area (Å²) in [5.41, 5.74) is 5.43. The molecule has 4 rings (SSSR count).